The first-order valence-electron chi connectivity index (χ1n) is 8.73. The molecule has 0 bridgehead atoms. The van der Waals surface area contributed by atoms with E-state index >= 15 is 0 Å². The molecule has 1 aliphatic rings. The van der Waals surface area contributed by atoms with Crippen molar-refractivity contribution in [2.24, 2.45) is 5.92 Å². The van der Waals surface area contributed by atoms with E-state index in [0.717, 1.165) is 31.7 Å². The van der Waals surface area contributed by atoms with Crippen LogP contribution >= 0.6 is 0 Å². The van der Waals surface area contributed by atoms with Crippen LogP contribution in [0.4, 0.5) is 5.69 Å². The van der Waals surface area contributed by atoms with Crippen molar-refractivity contribution in [1.82, 2.24) is 9.62 Å². The highest BCUT2D eigenvalue weighted by molar-refractivity contribution is 7.90. The molecule has 1 saturated heterocycles. The van der Waals surface area contributed by atoms with Crippen molar-refractivity contribution in [1.29, 1.82) is 0 Å². The molecule has 0 spiro atoms. The van der Waals surface area contributed by atoms with Gasteiger partial charge in [0, 0.05) is 38.8 Å². The number of rotatable bonds is 6. The van der Waals surface area contributed by atoms with E-state index in [1.54, 1.807) is 0 Å². The summed E-state index contributed by atoms with van der Waals surface area (Å²) in [4.78, 5) is 15.8. The van der Waals surface area contributed by atoms with E-state index in [9.17, 15) is 13.2 Å². The van der Waals surface area contributed by atoms with Crippen LogP contribution in [0.5, 0.6) is 0 Å². The molecule has 1 unspecified atom stereocenters. The molecular weight excluding hydrogens is 338 g/mol. The predicted octanol–water partition coefficient (Wildman–Crippen LogP) is 1.47. The van der Waals surface area contributed by atoms with E-state index in [1.165, 1.54) is 12.6 Å². The molecule has 0 saturated carbocycles. The molecule has 140 valence electrons. The second-order valence-electron chi connectivity index (χ2n) is 7.15. The number of amides is 1. The highest BCUT2D eigenvalue weighted by atomic mass is 32.2. The van der Waals surface area contributed by atoms with Crippen LogP contribution in [0.2, 0.25) is 0 Å². The molecule has 1 aromatic rings. The Bertz CT molecular complexity index is 678. The maximum absolute atomic E-state index is 12.4. The highest BCUT2D eigenvalue weighted by Gasteiger charge is 2.29. The SMILES string of the molecule is CC(=O)NS(=O)(=O)C(Cc1ccc(N2CCN(C)CC2)cc1)C(C)C. The summed E-state index contributed by atoms with van der Waals surface area (Å²) in [6, 6.07) is 8.10. The van der Waals surface area contributed by atoms with Gasteiger partial charge in [-0.1, -0.05) is 26.0 Å². The molecule has 1 amide bonds. The van der Waals surface area contributed by atoms with Gasteiger partial charge in [-0.2, -0.15) is 0 Å². The molecule has 1 atom stereocenters. The Morgan fingerprint density at radius 1 is 1.12 bits per heavy atom. The lowest BCUT2D eigenvalue weighted by atomic mass is 10.0. The van der Waals surface area contributed by atoms with Gasteiger partial charge in [-0.3, -0.25) is 9.52 Å². The van der Waals surface area contributed by atoms with Crippen LogP contribution in [-0.2, 0) is 21.2 Å². The fourth-order valence-corrected chi connectivity index (χ4v) is 4.80. The predicted molar refractivity (Wildman–Crippen MR) is 101 cm³/mol. The summed E-state index contributed by atoms with van der Waals surface area (Å²) in [5, 5.41) is -0.633. The largest absolute Gasteiger partial charge is 0.369 e. The Morgan fingerprint density at radius 2 is 1.68 bits per heavy atom. The number of nitrogens with one attached hydrogen (secondary N) is 1. The first kappa shape index (κ1) is 19.7. The molecule has 25 heavy (non-hydrogen) atoms. The number of carbonyl (C=O) groups is 1. The van der Waals surface area contributed by atoms with E-state index in [-0.39, 0.29) is 5.92 Å². The van der Waals surface area contributed by atoms with Gasteiger partial charge in [0.25, 0.3) is 0 Å². The van der Waals surface area contributed by atoms with E-state index in [2.05, 4.69) is 33.7 Å². The number of sulfonamides is 1. The summed E-state index contributed by atoms with van der Waals surface area (Å²) in [5.74, 6) is -0.634. The summed E-state index contributed by atoms with van der Waals surface area (Å²) in [6.07, 6.45) is 0.392. The Labute approximate surface area is 151 Å². The Hall–Kier alpha value is -1.60. The number of benzene rings is 1. The molecule has 7 heteroatoms. The Morgan fingerprint density at radius 3 is 2.16 bits per heavy atom. The van der Waals surface area contributed by atoms with E-state index < -0.39 is 21.2 Å². The molecule has 1 fully saturated rings. The smallest absolute Gasteiger partial charge is 0.238 e. The van der Waals surface area contributed by atoms with Crippen LogP contribution in [0.3, 0.4) is 0 Å². The number of anilines is 1. The van der Waals surface area contributed by atoms with Crippen LogP contribution in [0.25, 0.3) is 0 Å². The number of nitrogens with zero attached hydrogens (tertiary/aromatic N) is 2. The molecule has 1 heterocycles. The standard InChI is InChI=1S/C18H29N3O3S/c1-14(2)18(25(23,24)19-15(3)22)13-16-5-7-17(8-6-16)21-11-9-20(4)10-12-21/h5-8,14,18H,9-13H2,1-4H3,(H,19,22). The van der Waals surface area contributed by atoms with Gasteiger partial charge >= 0.3 is 0 Å². The van der Waals surface area contributed by atoms with Crippen molar-refractivity contribution in [3.05, 3.63) is 29.8 Å². The minimum atomic E-state index is -3.67. The van der Waals surface area contributed by atoms with Crippen LogP contribution in [0.1, 0.15) is 26.3 Å². The maximum Gasteiger partial charge on any atom is 0.238 e. The summed E-state index contributed by atoms with van der Waals surface area (Å²) in [7, 11) is -1.54. The minimum absolute atomic E-state index is 0.0887. The number of piperazine rings is 1. The van der Waals surface area contributed by atoms with Gasteiger partial charge in [-0.15, -0.1) is 0 Å². The summed E-state index contributed by atoms with van der Waals surface area (Å²) < 4.78 is 26.9. The van der Waals surface area contributed by atoms with E-state index in [1.807, 2.05) is 26.0 Å². The fourth-order valence-electron chi connectivity index (χ4n) is 3.12. The van der Waals surface area contributed by atoms with Gasteiger partial charge in [-0.25, -0.2) is 8.42 Å². The average Bonchev–Trinajstić information content (AvgIpc) is 2.52. The third kappa shape index (κ3) is 5.44. The topological polar surface area (TPSA) is 69.7 Å². The van der Waals surface area contributed by atoms with Gasteiger partial charge < -0.3 is 9.80 Å². The average molecular weight is 368 g/mol. The fraction of sp³-hybridized carbons (Fsp3) is 0.611. The van der Waals surface area contributed by atoms with Gasteiger partial charge in [0.05, 0.1) is 5.25 Å². The molecule has 0 aliphatic carbocycles. The van der Waals surface area contributed by atoms with Gasteiger partial charge in [0.2, 0.25) is 15.9 Å². The molecule has 2 rings (SSSR count). The molecule has 6 nitrogen and oxygen atoms in total. The van der Waals surface area contributed by atoms with Crippen molar-refractivity contribution in [3.63, 3.8) is 0 Å². The second-order valence-corrected chi connectivity index (χ2v) is 9.05. The normalized spacial score (nSPS) is 17.6. The van der Waals surface area contributed by atoms with Crippen LogP contribution in [-0.4, -0.2) is 57.7 Å². The number of likely N-dealkylation sites (N-methyl/N-ethyl adjacent to an activating group) is 1. The molecular formula is C18H29N3O3S. The Balaban J connectivity index is 2.09. The monoisotopic (exact) mass is 367 g/mol. The van der Waals surface area contributed by atoms with Crippen LogP contribution < -0.4 is 9.62 Å². The number of carbonyl (C=O) groups excluding carboxylic acids is 1. The van der Waals surface area contributed by atoms with Crippen molar-refractivity contribution < 1.29 is 13.2 Å². The van der Waals surface area contributed by atoms with E-state index in [0.29, 0.717) is 6.42 Å². The lowest BCUT2D eigenvalue weighted by molar-refractivity contribution is -0.117. The quantitative estimate of drug-likeness (QED) is 0.825. The maximum atomic E-state index is 12.4. The van der Waals surface area contributed by atoms with E-state index in [4.69, 9.17) is 0 Å². The zero-order valence-corrected chi connectivity index (χ0v) is 16.3. The molecule has 1 aromatic carbocycles. The summed E-state index contributed by atoms with van der Waals surface area (Å²) in [6.45, 7) is 9.05. The summed E-state index contributed by atoms with van der Waals surface area (Å²) in [5.41, 5.74) is 2.13. The first-order chi connectivity index (χ1) is 11.7. The lowest BCUT2D eigenvalue weighted by Crippen LogP contribution is -2.44. The molecule has 0 aromatic heterocycles. The molecule has 1 N–H and O–H groups in total. The number of hydrogen-bond donors (Lipinski definition) is 1. The third-order valence-corrected chi connectivity index (χ3v) is 6.75. The highest BCUT2D eigenvalue weighted by Crippen LogP contribution is 2.21. The van der Waals surface area contributed by atoms with Crippen molar-refractivity contribution in [2.45, 2.75) is 32.4 Å². The zero-order chi connectivity index (χ0) is 18.6. The zero-order valence-electron chi connectivity index (χ0n) is 15.5. The van der Waals surface area contributed by atoms with Crippen LogP contribution in [0.15, 0.2) is 24.3 Å². The van der Waals surface area contributed by atoms with Gasteiger partial charge in [0.1, 0.15) is 0 Å². The van der Waals surface area contributed by atoms with Crippen molar-refractivity contribution >= 4 is 21.6 Å². The second kappa shape index (κ2) is 8.19. The lowest BCUT2D eigenvalue weighted by Gasteiger charge is -2.34. The summed E-state index contributed by atoms with van der Waals surface area (Å²) >= 11 is 0. The van der Waals surface area contributed by atoms with Crippen molar-refractivity contribution in [3.8, 4) is 0 Å². The van der Waals surface area contributed by atoms with Crippen LogP contribution in [0, 0.1) is 5.92 Å². The molecule has 1 aliphatic heterocycles. The Kier molecular flexibility index (Phi) is 6.46. The van der Waals surface area contributed by atoms with Crippen molar-refractivity contribution in [2.75, 3.05) is 38.1 Å². The van der Waals surface area contributed by atoms with Gasteiger partial charge in [-0.05, 0) is 37.1 Å². The molecule has 0 radical (unpaired) electrons. The third-order valence-electron chi connectivity index (χ3n) is 4.67. The number of hydrogen-bond acceptors (Lipinski definition) is 5. The van der Waals surface area contributed by atoms with Gasteiger partial charge in [0.15, 0.2) is 0 Å². The first-order valence-corrected chi connectivity index (χ1v) is 10.3. The minimum Gasteiger partial charge on any atom is -0.369 e.